The summed E-state index contributed by atoms with van der Waals surface area (Å²) in [6.45, 7) is 6.15. The fourth-order valence-electron chi connectivity index (χ4n) is 2.41. The summed E-state index contributed by atoms with van der Waals surface area (Å²) in [5.74, 6) is -0.590. The van der Waals surface area contributed by atoms with Gasteiger partial charge in [-0.25, -0.2) is 0 Å². The Morgan fingerprint density at radius 3 is 2.17 bits per heavy atom. The molecule has 0 radical (unpaired) electrons. The molecule has 0 aromatic carbocycles. The Morgan fingerprint density at radius 2 is 1.72 bits per heavy atom. The average molecular weight is 255 g/mol. The van der Waals surface area contributed by atoms with Crippen LogP contribution in [0, 0.1) is 17.3 Å². The van der Waals surface area contributed by atoms with E-state index in [1.165, 1.54) is 0 Å². The third-order valence-corrected chi connectivity index (χ3v) is 4.28. The van der Waals surface area contributed by atoms with Gasteiger partial charge in [-0.3, -0.25) is 9.59 Å². The fourth-order valence-corrected chi connectivity index (χ4v) is 2.41. The minimum absolute atomic E-state index is 0.0313. The topological polar surface area (TPSA) is 66.4 Å². The number of rotatable bonds is 5. The molecule has 0 spiro atoms. The SMILES string of the molecule is CC(C)C(C)C(=O)NCC1(C(=O)O)CCCCC1. The smallest absolute Gasteiger partial charge is 0.311 e. The van der Waals surface area contributed by atoms with Crippen LogP contribution in [-0.4, -0.2) is 23.5 Å². The van der Waals surface area contributed by atoms with E-state index >= 15 is 0 Å². The van der Waals surface area contributed by atoms with Crippen molar-refractivity contribution in [1.29, 1.82) is 0 Å². The average Bonchev–Trinajstić information content (AvgIpc) is 2.35. The van der Waals surface area contributed by atoms with E-state index in [0.717, 1.165) is 19.3 Å². The van der Waals surface area contributed by atoms with Crippen LogP contribution in [0.2, 0.25) is 0 Å². The first-order valence-corrected chi connectivity index (χ1v) is 6.90. The van der Waals surface area contributed by atoms with Gasteiger partial charge < -0.3 is 10.4 Å². The first-order chi connectivity index (χ1) is 8.39. The summed E-state index contributed by atoms with van der Waals surface area (Å²) >= 11 is 0. The number of carboxylic acid groups (broad SMARTS) is 1. The Bertz CT molecular complexity index is 306. The summed E-state index contributed by atoms with van der Waals surface area (Å²) in [5, 5.41) is 12.2. The highest BCUT2D eigenvalue weighted by Crippen LogP contribution is 2.36. The molecule has 0 aromatic heterocycles. The summed E-state index contributed by atoms with van der Waals surface area (Å²) in [6, 6.07) is 0. The van der Waals surface area contributed by atoms with Crippen molar-refractivity contribution in [2.45, 2.75) is 52.9 Å². The van der Waals surface area contributed by atoms with Crippen LogP contribution in [-0.2, 0) is 9.59 Å². The van der Waals surface area contributed by atoms with E-state index in [4.69, 9.17) is 0 Å². The lowest BCUT2D eigenvalue weighted by Gasteiger charge is -2.33. The minimum Gasteiger partial charge on any atom is -0.481 e. The fraction of sp³-hybridized carbons (Fsp3) is 0.857. The number of carboxylic acids is 1. The first kappa shape index (κ1) is 15.0. The predicted molar refractivity (Wildman–Crippen MR) is 70.2 cm³/mol. The number of carbonyl (C=O) groups excluding carboxylic acids is 1. The second kappa shape index (κ2) is 6.21. The molecule has 0 heterocycles. The van der Waals surface area contributed by atoms with Crippen LogP contribution in [0.3, 0.4) is 0 Å². The maximum Gasteiger partial charge on any atom is 0.311 e. The summed E-state index contributed by atoms with van der Waals surface area (Å²) in [5.41, 5.74) is -0.732. The lowest BCUT2D eigenvalue weighted by molar-refractivity contribution is -0.151. The molecule has 1 fully saturated rings. The second-order valence-corrected chi connectivity index (χ2v) is 5.90. The molecule has 0 saturated heterocycles. The molecule has 18 heavy (non-hydrogen) atoms. The van der Waals surface area contributed by atoms with Crippen molar-refractivity contribution in [1.82, 2.24) is 5.32 Å². The van der Waals surface area contributed by atoms with E-state index in [0.29, 0.717) is 12.8 Å². The minimum atomic E-state index is -0.764. The number of aliphatic carboxylic acids is 1. The van der Waals surface area contributed by atoms with Crippen molar-refractivity contribution in [3.63, 3.8) is 0 Å². The van der Waals surface area contributed by atoms with Crippen LogP contribution < -0.4 is 5.32 Å². The molecule has 104 valence electrons. The normalized spacial score (nSPS) is 20.4. The molecule has 0 aliphatic heterocycles. The molecule has 1 rings (SSSR count). The Balaban J connectivity index is 2.58. The zero-order valence-corrected chi connectivity index (χ0v) is 11.7. The van der Waals surface area contributed by atoms with Gasteiger partial charge in [-0.05, 0) is 18.8 Å². The monoisotopic (exact) mass is 255 g/mol. The van der Waals surface area contributed by atoms with Gasteiger partial charge in [-0.15, -0.1) is 0 Å². The van der Waals surface area contributed by atoms with Gasteiger partial charge in [-0.2, -0.15) is 0 Å². The van der Waals surface area contributed by atoms with Crippen molar-refractivity contribution >= 4 is 11.9 Å². The maximum absolute atomic E-state index is 11.9. The molecule has 4 nitrogen and oxygen atoms in total. The van der Waals surface area contributed by atoms with Gasteiger partial charge in [0.25, 0.3) is 0 Å². The summed E-state index contributed by atoms with van der Waals surface area (Å²) in [4.78, 5) is 23.3. The zero-order chi connectivity index (χ0) is 13.8. The van der Waals surface area contributed by atoms with Crippen LogP contribution in [0.25, 0.3) is 0 Å². The number of hydrogen-bond acceptors (Lipinski definition) is 2. The van der Waals surface area contributed by atoms with Crippen LogP contribution in [0.1, 0.15) is 52.9 Å². The van der Waals surface area contributed by atoms with Crippen LogP contribution in [0.5, 0.6) is 0 Å². The predicted octanol–water partition coefficient (Wildman–Crippen LogP) is 2.43. The highest BCUT2D eigenvalue weighted by atomic mass is 16.4. The summed E-state index contributed by atoms with van der Waals surface area (Å²) in [6.07, 6.45) is 4.35. The van der Waals surface area contributed by atoms with Crippen molar-refractivity contribution in [2.24, 2.45) is 17.3 Å². The third-order valence-electron chi connectivity index (χ3n) is 4.28. The molecule has 0 bridgehead atoms. The molecule has 4 heteroatoms. The van der Waals surface area contributed by atoms with Gasteiger partial charge in [0.05, 0.1) is 5.41 Å². The second-order valence-electron chi connectivity index (χ2n) is 5.90. The van der Waals surface area contributed by atoms with E-state index in [1.807, 2.05) is 20.8 Å². The number of amides is 1. The molecule has 1 atom stereocenters. The van der Waals surface area contributed by atoms with Gasteiger partial charge in [-0.1, -0.05) is 40.0 Å². The van der Waals surface area contributed by atoms with Gasteiger partial charge >= 0.3 is 5.97 Å². The first-order valence-electron chi connectivity index (χ1n) is 6.90. The van der Waals surface area contributed by atoms with Gasteiger partial charge in [0.1, 0.15) is 0 Å². The van der Waals surface area contributed by atoms with E-state index in [-0.39, 0.29) is 24.3 Å². The van der Waals surface area contributed by atoms with E-state index in [2.05, 4.69) is 5.32 Å². The zero-order valence-electron chi connectivity index (χ0n) is 11.7. The molecule has 1 saturated carbocycles. The standard InChI is InChI=1S/C14H25NO3/c1-10(2)11(3)12(16)15-9-14(13(17)18)7-5-4-6-8-14/h10-11H,4-9H2,1-3H3,(H,15,16)(H,17,18). The van der Waals surface area contributed by atoms with Crippen LogP contribution in [0.15, 0.2) is 0 Å². The highest BCUT2D eigenvalue weighted by Gasteiger charge is 2.40. The van der Waals surface area contributed by atoms with Crippen molar-refractivity contribution in [3.8, 4) is 0 Å². The molecule has 1 unspecified atom stereocenters. The van der Waals surface area contributed by atoms with Crippen molar-refractivity contribution < 1.29 is 14.7 Å². The van der Waals surface area contributed by atoms with E-state index in [9.17, 15) is 14.7 Å². The Hall–Kier alpha value is -1.06. The third kappa shape index (κ3) is 3.47. The van der Waals surface area contributed by atoms with Crippen LogP contribution in [0.4, 0.5) is 0 Å². The van der Waals surface area contributed by atoms with Crippen molar-refractivity contribution in [3.05, 3.63) is 0 Å². The summed E-state index contributed by atoms with van der Waals surface area (Å²) < 4.78 is 0. The number of hydrogen-bond donors (Lipinski definition) is 2. The number of carbonyl (C=O) groups is 2. The maximum atomic E-state index is 11.9. The van der Waals surface area contributed by atoms with E-state index in [1.54, 1.807) is 0 Å². The Labute approximate surface area is 109 Å². The van der Waals surface area contributed by atoms with Gasteiger partial charge in [0.15, 0.2) is 0 Å². The summed E-state index contributed by atoms with van der Waals surface area (Å²) in [7, 11) is 0. The van der Waals surface area contributed by atoms with Crippen LogP contribution >= 0.6 is 0 Å². The number of nitrogens with one attached hydrogen (secondary N) is 1. The lowest BCUT2D eigenvalue weighted by Crippen LogP contribution is -2.46. The quantitative estimate of drug-likeness (QED) is 0.793. The Kier molecular flexibility index (Phi) is 5.17. The Morgan fingerprint density at radius 1 is 1.17 bits per heavy atom. The van der Waals surface area contributed by atoms with Crippen molar-refractivity contribution in [2.75, 3.05) is 6.54 Å². The molecule has 1 aliphatic rings. The molecule has 2 N–H and O–H groups in total. The molecule has 1 amide bonds. The molecule has 0 aromatic rings. The van der Waals surface area contributed by atoms with E-state index < -0.39 is 11.4 Å². The molecule has 1 aliphatic carbocycles. The highest BCUT2D eigenvalue weighted by molar-refractivity contribution is 5.80. The molecular formula is C14H25NO3. The van der Waals surface area contributed by atoms with Gasteiger partial charge in [0.2, 0.25) is 5.91 Å². The lowest BCUT2D eigenvalue weighted by atomic mass is 9.74. The van der Waals surface area contributed by atoms with Gasteiger partial charge in [0, 0.05) is 12.5 Å². The largest absolute Gasteiger partial charge is 0.481 e. The molecular weight excluding hydrogens is 230 g/mol.